The summed E-state index contributed by atoms with van der Waals surface area (Å²) >= 11 is 0. The van der Waals surface area contributed by atoms with E-state index in [1.54, 1.807) is 0 Å². The maximum atomic E-state index is 14.0. The van der Waals surface area contributed by atoms with E-state index in [4.69, 9.17) is 19.4 Å². The molecule has 0 spiro atoms. The van der Waals surface area contributed by atoms with Gasteiger partial charge < -0.3 is 19.4 Å². The Bertz CT molecular complexity index is 2110. The fraction of sp³-hybridized carbons (Fsp3) is 0.522. The van der Waals surface area contributed by atoms with Crippen molar-refractivity contribution in [2.24, 2.45) is 0 Å². The molecule has 3 aromatic heterocycles. The zero-order chi connectivity index (χ0) is 38.7. The summed E-state index contributed by atoms with van der Waals surface area (Å²) in [6.07, 6.45) is 10.5. The van der Waals surface area contributed by atoms with Crippen LogP contribution in [0, 0.1) is 0 Å². The molecule has 0 saturated heterocycles. The number of ether oxygens (including phenoxy) is 2. The monoisotopic (exact) mass is 730 g/mol. The molecule has 0 radical (unpaired) electrons. The summed E-state index contributed by atoms with van der Waals surface area (Å²) in [5.41, 5.74) is 15.1. The Morgan fingerprint density at radius 3 is 1.26 bits per heavy atom. The molecule has 54 heavy (non-hydrogen) atoms. The third kappa shape index (κ3) is 5.00. The standard InChI is InChI=1S/C46H58N4O4/c1-11-25-27(13-3)39-29-21-33(43(51)53-19-9)46(18-8)32(16-6)38(50-41(29)46)24-36-26(12-2)28(14-4)40(48-36)30-22-34(44(52)54-20-10)45(17-7)31(15-5)37(49-42(30)45)23-35(25)47-39/h21-24,31-32,47-48H,11-20H2,1-10H3/t31-,32-,45-,46-/m0/s1. The average Bonchev–Trinajstić information content (AvgIpc) is 3.98. The largest absolute Gasteiger partial charge is 0.463 e. The Kier molecular flexibility index (Phi) is 10.0. The van der Waals surface area contributed by atoms with Gasteiger partial charge in [0.2, 0.25) is 0 Å². The van der Waals surface area contributed by atoms with E-state index in [1.807, 2.05) is 13.8 Å². The van der Waals surface area contributed by atoms with Gasteiger partial charge in [0.1, 0.15) is 0 Å². The fourth-order valence-electron chi connectivity index (χ4n) is 11.0. The second-order valence-corrected chi connectivity index (χ2v) is 15.2. The maximum Gasteiger partial charge on any atom is 0.335 e. The van der Waals surface area contributed by atoms with Crippen molar-refractivity contribution in [2.45, 2.75) is 143 Å². The molecule has 0 saturated carbocycles. The van der Waals surface area contributed by atoms with Crippen molar-refractivity contribution in [1.29, 1.82) is 0 Å². The van der Waals surface area contributed by atoms with E-state index >= 15 is 0 Å². The number of hydrogen-bond donors (Lipinski definition) is 2. The van der Waals surface area contributed by atoms with E-state index in [0.717, 1.165) is 107 Å². The lowest BCUT2D eigenvalue weighted by molar-refractivity contribution is -0.140. The van der Waals surface area contributed by atoms with Crippen LogP contribution in [-0.2, 0) is 55.6 Å². The van der Waals surface area contributed by atoms with Crippen LogP contribution in [0.2, 0.25) is 0 Å². The highest BCUT2D eigenvalue weighted by atomic mass is 16.5. The van der Waals surface area contributed by atoms with Gasteiger partial charge in [0.25, 0.3) is 0 Å². The number of aryl methyl sites for hydroxylation is 4. The lowest BCUT2D eigenvalue weighted by atomic mass is 9.67. The Hall–Kier alpha value is -4.46. The number of H-pyrrole nitrogens is 2. The van der Waals surface area contributed by atoms with Crippen LogP contribution in [0.15, 0.2) is 23.3 Å². The summed E-state index contributed by atoms with van der Waals surface area (Å²) in [7, 11) is 0. The maximum absolute atomic E-state index is 14.0. The van der Waals surface area contributed by atoms with E-state index in [1.165, 1.54) is 22.3 Å². The molecular formula is C46H58N4O4. The fourth-order valence-corrected chi connectivity index (χ4v) is 11.0. The topological polar surface area (TPSA) is 110 Å². The SMILES string of the molecule is CCOC(=O)C1=Cc2c3nc(cc4[nH]c(c5c6nc(cc7[nH]c2c(CC)c7CC)[C@H](CC)[C@@]6(CC)C(C(=O)OCC)=C5)c(CC)c4CC)[C@H](CC)[C@@]13CC. The van der Waals surface area contributed by atoms with Crippen LogP contribution in [0.3, 0.4) is 0 Å². The predicted octanol–water partition coefficient (Wildman–Crippen LogP) is 10.2. The zero-order valence-corrected chi connectivity index (χ0v) is 34.1. The minimum Gasteiger partial charge on any atom is -0.463 e. The number of carbonyl (C=O) groups excluding carboxylic acids is 2. The molecule has 0 amide bonds. The molecule has 0 fully saturated rings. The Morgan fingerprint density at radius 1 is 0.593 bits per heavy atom. The number of nitrogens with one attached hydrogen (secondary N) is 2. The molecule has 2 N–H and O–H groups in total. The van der Waals surface area contributed by atoms with Crippen molar-refractivity contribution >= 4 is 46.2 Å². The van der Waals surface area contributed by atoms with Crippen LogP contribution in [0.1, 0.15) is 163 Å². The van der Waals surface area contributed by atoms with E-state index in [0.29, 0.717) is 24.4 Å². The van der Waals surface area contributed by atoms with Crippen LogP contribution in [0.4, 0.5) is 0 Å². The third-order valence-electron chi connectivity index (χ3n) is 13.2. The summed E-state index contributed by atoms with van der Waals surface area (Å²) < 4.78 is 11.6. The van der Waals surface area contributed by atoms with Gasteiger partial charge in [-0.1, -0.05) is 55.4 Å². The zero-order valence-electron chi connectivity index (χ0n) is 34.1. The molecule has 4 aliphatic rings. The molecule has 2 aliphatic carbocycles. The molecule has 8 nitrogen and oxygen atoms in total. The van der Waals surface area contributed by atoms with Gasteiger partial charge in [0.05, 0.1) is 57.6 Å². The third-order valence-corrected chi connectivity index (χ3v) is 13.2. The second-order valence-electron chi connectivity index (χ2n) is 15.2. The van der Waals surface area contributed by atoms with Gasteiger partial charge in [-0.25, -0.2) is 9.59 Å². The average molecular weight is 731 g/mol. The molecule has 2 aliphatic heterocycles. The number of rotatable bonds is 12. The van der Waals surface area contributed by atoms with Gasteiger partial charge in [-0.3, -0.25) is 9.97 Å². The van der Waals surface area contributed by atoms with Gasteiger partial charge in [0.15, 0.2) is 0 Å². The summed E-state index contributed by atoms with van der Waals surface area (Å²) in [6, 6.07) is 4.50. The van der Waals surface area contributed by atoms with Crippen LogP contribution < -0.4 is 0 Å². The van der Waals surface area contributed by atoms with Crippen molar-refractivity contribution in [3.63, 3.8) is 0 Å². The number of aromatic nitrogens is 4. The number of hydrogen-bond acceptors (Lipinski definition) is 6. The number of carbonyl (C=O) groups is 2. The lowest BCUT2D eigenvalue weighted by Crippen LogP contribution is -2.34. The molecule has 3 aromatic rings. The summed E-state index contributed by atoms with van der Waals surface area (Å²) in [6.45, 7) is 22.0. The molecule has 8 heteroatoms. The van der Waals surface area contributed by atoms with Crippen molar-refractivity contribution in [3.8, 4) is 0 Å². The van der Waals surface area contributed by atoms with Crippen molar-refractivity contribution < 1.29 is 19.1 Å². The highest BCUT2D eigenvalue weighted by Gasteiger charge is 2.56. The molecule has 0 unspecified atom stereocenters. The normalized spacial score (nSPS) is 22.4. The summed E-state index contributed by atoms with van der Waals surface area (Å²) in [5, 5.41) is 0. The quantitative estimate of drug-likeness (QED) is 0.180. The van der Waals surface area contributed by atoms with Crippen LogP contribution >= 0.6 is 0 Å². The number of aromatic amines is 2. The van der Waals surface area contributed by atoms with E-state index in [-0.39, 0.29) is 23.8 Å². The summed E-state index contributed by atoms with van der Waals surface area (Å²) in [5.74, 6) is -0.571. The van der Waals surface area contributed by atoms with Crippen LogP contribution in [-0.4, -0.2) is 45.1 Å². The molecule has 286 valence electrons. The van der Waals surface area contributed by atoms with Crippen molar-refractivity contribution in [3.05, 3.63) is 79.4 Å². The minimum absolute atomic E-state index is 0.0250. The first-order valence-electron chi connectivity index (χ1n) is 20.8. The van der Waals surface area contributed by atoms with Crippen molar-refractivity contribution in [1.82, 2.24) is 19.9 Å². The van der Waals surface area contributed by atoms with Gasteiger partial charge in [-0.2, -0.15) is 0 Å². The highest BCUT2D eigenvalue weighted by molar-refractivity contribution is 6.04. The van der Waals surface area contributed by atoms with Crippen LogP contribution in [0.5, 0.6) is 0 Å². The van der Waals surface area contributed by atoms with Gasteiger partial charge in [-0.05, 0) is 112 Å². The van der Waals surface area contributed by atoms with E-state index in [9.17, 15) is 9.59 Å². The van der Waals surface area contributed by atoms with E-state index < -0.39 is 10.8 Å². The van der Waals surface area contributed by atoms with Crippen LogP contribution in [0.25, 0.3) is 34.2 Å². The first kappa shape index (κ1) is 37.8. The molecule has 7 rings (SSSR count). The van der Waals surface area contributed by atoms with Gasteiger partial charge in [-0.15, -0.1) is 0 Å². The summed E-state index contributed by atoms with van der Waals surface area (Å²) in [4.78, 5) is 47.0. The Balaban J connectivity index is 1.74. The Labute approximate surface area is 320 Å². The minimum atomic E-state index is -0.609. The molecule has 5 heterocycles. The smallest absolute Gasteiger partial charge is 0.335 e. The molecular weight excluding hydrogens is 673 g/mol. The Morgan fingerprint density at radius 2 is 0.963 bits per heavy atom. The van der Waals surface area contributed by atoms with Crippen molar-refractivity contribution in [2.75, 3.05) is 13.2 Å². The van der Waals surface area contributed by atoms with Gasteiger partial charge in [0, 0.05) is 45.4 Å². The number of esters is 2. The number of fused-ring (bicyclic) bond motifs is 8. The van der Waals surface area contributed by atoms with Gasteiger partial charge >= 0.3 is 11.9 Å². The molecule has 8 bridgehead atoms. The molecule has 0 aromatic carbocycles. The lowest BCUT2D eigenvalue weighted by Gasteiger charge is -2.33. The first-order valence-corrected chi connectivity index (χ1v) is 20.8. The van der Waals surface area contributed by atoms with E-state index in [2.05, 4.69) is 89.6 Å². The first-order chi connectivity index (χ1) is 26.1. The second kappa shape index (κ2) is 14.3. The predicted molar refractivity (Wildman–Crippen MR) is 218 cm³/mol. The number of nitrogens with zero attached hydrogens (tertiary/aromatic N) is 2. The molecule has 4 atom stereocenters. The highest BCUT2D eigenvalue weighted by Crippen LogP contribution is 2.59.